The van der Waals surface area contributed by atoms with Crippen LogP contribution < -0.4 is 9.21 Å². The summed E-state index contributed by atoms with van der Waals surface area (Å²) in [6.07, 6.45) is 1.55. The fraction of sp³-hybridized carbons (Fsp3) is 0.409. The van der Waals surface area contributed by atoms with Crippen molar-refractivity contribution in [1.82, 2.24) is 4.90 Å². The monoisotopic (exact) mass is 449 g/mol. The van der Waals surface area contributed by atoms with Gasteiger partial charge in [-0.25, -0.2) is 8.42 Å². The van der Waals surface area contributed by atoms with Crippen LogP contribution in [0.15, 0.2) is 48.5 Å². The molecule has 1 saturated heterocycles. The smallest absolute Gasteiger partial charge is 0.246 e. The van der Waals surface area contributed by atoms with Crippen molar-refractivity contribution in [3.8, 4) is 0 Å². The first-order valence-corrected chi connectivity index (χ1v) is 12.3. The van der Waals surface area contributed by atoms with Gasteiger partial charge in [-0.05, 0) is 43.7 Å². The van der Waals surface area contributed by atoms with E-state index in [1.54, 1.807) is 17.0 Å². The van der Waals surface area contributed by atoms with Gasteiger partial charge in [-0.3, -0.25) is 9.10 Å². The molecule has 3 rings (SSSR count). The van der Waals surface area contributed by atoms with E-state index in [1.165, 1.54) is 4.31 Å². The van der Waals surface area contributed by atoms with Crippen LogP contribution in [0, 0.1) is 6.92 Å². The van der Waals surface area contributed by atoms with Crippen molar-refractivity contribution in [1.29, 1.82) is 0 Å². The lowest BCUT2D eigenvalue weighted by molar-refractivity contribution is -0.132. The zero-order valence-corrected chi connectivity index (χ0v) is 19.2. The molecule has 6 nitrogen and oxygen atoms in total. The van der Waals surface area contributed by atoms with Crippen LogP contribution in [0.3, 0.4) is 0 Å². The number of carbonyl (C=O) groups excluding carboxylic acids is 1. The molecule has 0 spiro atoms. The van der Waals surface area contributed by atoms with E-state index in [-0.39, 0.29) is 5.91 Å². The summed E-state index contributed by atoms with van der Waals surface area (Å²) in [4.78, 5) is 17.3. The van der Waals surface area contributed by atoms with E-state index in [0.717, 1.165) is 17.5 Å². The van der Waals surface area contributed by atoms with Crippen molar-refractivity contribution in [2.45, 2.75) is 26.3 Å². The van der Waals surface area contributed by atoms with Gasteiger partial charge in [0.2, 0.25) is 15.9 Å². The van der Waals surface area contributed by atoms with Gasteiger partial charge in [0, 0.05) is 36.9 Å². The van der Waals surface area contributed by atoms with Crippen molar-refractivity contribution < 1.29 is 13.2 Å². The molecule has 0 unspecified atom stereocenters. The zero-order chi connectivity index (χ0) is 21.9. The zero-order valence-electron chi connectivity index (χ0n) is 17.6. The number of hydrogen-bond donors (Lipinski definition) is 0. The van der Waals surface area contributed by atoms with Crippen LogP contribution in [-0.2, 0) is 14.8 Å². The number of halogens is 1. The molecule has 0 bridgehead atoms. The quantitative estimate of drug-likeness (QED) is 0.676. The number of aryl methyl sites for hydroxylation is 1. The summed E-state index contributed by atoms with van der Waals surface area (Å²) in [5.41, 5.74) is 2.57. The van der Waals surface area contributed by atoms with Crippen LogP contribution in [-0.4, -0.2) is 57.7 Å². The number of carbonyl (C=O) groups is 1. The molecule has 0 aromatic heterocycles. The number of rotatable bonds is 6. The molecule has 8 heteroatoms. The largest absolute Gasteiger partial charge is 0.368 e. The van der Waals surface area contributed by atoms with Gasteiger partial charge in [0.05, 0.1) is 11.9 Å². The van der Waals surface area contributed by atoms with E-state index in [1.807, 2.05) is 50.2 Å². The third kappa shape index (κ3) is 5.08. The number of benzene rings is 2. The Balaban J connectivity index is 1.77. The minimum atomic E-state index is -3.62. The Labute approximate surface area is 184 Å². The molecular weight excluding hydrogens is 422 g/mol. The predicted octanol–water partition coefficient (Wildman–Crippen LogP) is 3.54. The van der Waals surface area contributed by atoms with Crippen LogP contribution in [0.5, 0.6) is 0 Å². The summed E-state index contributed by atoms with van der Waals surface area (Å²) in [7, 11) is -3.62. The summed E-state index contributed by atoms with van der Waals surface area (Å²) in [6.45, 7) is 6.20. The Bertz CT molecular complexity index is 987. The maximum Gasteiger partial charge on any atom is 0.246 e. The lowest BCUT2D eigenvalue weighted by Gasteiger charge is -2.39. The third-order valence-electron chi connectivity index (χ3n) is 5.37. The number of hydrogen-bond acceptors (Lipinski definition) is 4. The van der Waals surface area contributed by atoms with Gasteiger partial charge in [0.25, 0.3) is 0 Å². The van der Waals surface area contributed by atoms with Gasteiger partial charge in [-0.15, -0.1) is 0 Å². The molecular formula is C22H28ClN3O3S. The second-order valence-corrected chi connectivity index (χ2v) is 9.91. The van der Waals surface area contributed by atoms with Crippen molar-refractivity contribution in [3.05, 3.63) is 59.1 Å². The maximum atomic E-state index is 13.3. The van der Waals surface area contributed by atoms with E-state index in [4.69, 9.17) is 11.6 Å². The Hall–Kier alpha value is -2.25. The molecule has 1 atom stereocenters. The molecule has 1 aliphatic rings. The van der Waals surface area contributed by atoms with Crippen molar-refractivity contribution in [2.24, 2.45) is 0 Å². The molecule has 1 amide bonds. The summed E-state index contributed by atoms with van der Waals surface area (Å²) < 4.78 is 26.5. The van der Waals surface area contributed by atoms with Gasteiger partial charge in [-0.2, -0.15) is 0 Å². The average Bonchev–Trinajstić information content (AvgIpc) is 2.71. The highest BCUT2D eigenvalue weighted by Crippen LogP contribution is 2.25. The summed E-state index contributed by atoms with van der Waals surface area (Å²) in [5.74, 6) is -0.158. The summed E-state index contributed by atoms with van der Waals surface area (Å²) >= 11 is 6.10. The maximum absolute atomic E-state index is 13.3. The SMILES string of the molecule is CC[C@@H](C(=O)N1CCN(c2cccc(Cl)c2)CC1)N(c1ccc(C)cc1)S(C)(=O)=O. The Kier molecular flexibility index (Phi) is 6.93. The lowest BCUT2D eigenvalue weighted by Crippen LogP contribution is -2.56. The Morgan fingerprint density at radius 1 is 1.10 bits per heavy atom. The molecule has 162 valence electrons. The minimum absolute atomic E-state index is 0.158. The van der Waals surface area contributed by atoms with Crippen LogP contribution in [0.2, 0.25) is 5.02 Å². The van der Waals surface area contributed by atoms with E-state index in [9.17, 15) is 13.2 Å². The van der Waals surface area contributed by atoms with Crippen LogP contribution in [0.4, 0.5) is 11.4 Å². The molecule has 0 N–H and O–H groups in total. The van der Waals surface area contributed by atoms with Gasteiger partial charge in [-0.1, -0.05) is 42.3 Å². The van der Waals surface area contributed by atoms with Gasteiger partial charge in [0.1, 0.15) is 6.04 Å². The number of anilines is 2. The average molecular weight is 450 g/mol. The van der Waals surface area contributed by atoms with E-state index in [0.29, 0.717) is 43.3 Å². The van der Waals surface area contributed by atoms with E-state index >= 15 is 0 Å². The molecule has 1 aliphatic heterocycles. The normalized spacial score (nSPS) is 15.7. The summed E-state index contributed by atoms with van der Waals surface area (Å²) in [5, 5.41) is 0.680. The van der Waals surface area contributed by atoms with Gasteiger partial charge in [0.15, 0.2) is 0 Å². The van der Waals surface area contributed by atoms with E-state index < -0.39 is 16.1 Å². The van der Waals surface area contributed by atoms with Crippen LogP contribution in [0.1, 0.15) is 18.9 Å². The Morgan fingerprint density at radius 3 is 2.27 bits per heavy atom. The second-order valence-electron chi connectivity index (χ2n) is 7.61. The Morgan fingerprint density at radius 2 is 1.73 bits per heavy atom. The first-order chi connectivity index (χ1) is 14.2. The minimum Gasteiger partial charge on any atom is -0.368 e. The highest BCUT2D eigenvalue weighted by atomic mass is 35.5. The van der Waals surface area contributed by atoms with Gasteiger partial charge < -0.3 is 9.80 Å². The first kappa shape index (κ1) is 22.4. The van der Waals surface area contributed by atoms with Crippen molar-refractivity contribution >= 4 is 38.9 Å². The number of piperazine rings is 1. The molecule has 1 heterocycles. The first-order valence-electron chi connectivity index (χ1n) is 10.1. The molecule has 0 radical (unpaired) electrons. The van der Waals surface area contributed by atoms with Gasteiger partial charge >= 0.3 is 0 Å². The molecule has 0 saturated carbocycles. The van der Waals surface area contributed by atoms with Crippen molar-refractivity contribution in [2.75, 3.05) is 41.6 Å². The molecule has 30 heavy (non-hydrogen) atoms. The molecule has 1 fully saturated rings. The van der Waals surface area contributed by atoms with Crippen LogP contribution >= 0.6 is 11.6 Å². The molecule has 0 aliphatic carbocycles. The number of amides is 1. The topological polar surface area (TPSA) is 60.9 Å². The highest BCUT2D eigenvalue weighted by Gasteiger charge is 2.35. The predicted molar refractivity (Wildman–Crippen MR) is 123 cm³/mol. The number of nitrogens with zero attached hydrogens (tertiary/aromatic N) is 3. The third-order valence-corrected chi connectivity index (χ3v) is 6.78. The standard InChI is InChI=1S/C22H28ClN3O3S/c1-4-21(26(30(3,28)29)19-10-8-17(2)9-11-19)22(27)25-14-12-24(13-15-25)20-7-5-6-18(23)16-20/h5-11,16,21H,4,12-15H2,1-3H3/t21-/m0/s1. The lowest BCUT2D eigenvalue weighted by atomic mass is 10.1. The second kappa shape index (κ2) is 9.27. The molecule has 2 aromatic carbocycles. The van der Waals surface area contributed by atoms with Crippen molar-refractivity contribution in [3.63, 3.8) is 0 Å². The van der Waals surface area contributed by atoms with E-state index in [2.05, 4.69) is 4.90 Å². The fourth-order valence-corrected chi connectivity index (χ4v) is 5.19. The number of sulfonamides is 1. The highest BCUT2D eigenvalue weighted by molar-refractivity contribution is 7.92. The van der Waals surface area contributed by atoms with Crippen LogP contribution in [0.25, 0.3) is 0 Å². The molecule has 2 aromatic rings. The fourth-order valence-electron chi connectivity index (χ4n) is 3.80. The summed E-state index contributed by atoms with van der Waals surface area (Å²) in [6, 6.07) is 14.1.